The van der Waals surface area contributed by atoms with Crippen LogP contribution in [0.4, 0.5) is 5.69 Å². The van der Waals surface area contributed by atoms with Crippen molar-refractivity contribution in [3.8, 4) is 11.1 Å². The number of aryl methyl sites for hydroxylation is 1. The predicted molar refractivity (Wildman–Crippen MR) is 73.4 cm³/mol. The second-order valence-corrected chi connectivity index (χ2v) is 4.60. The topological polar surface area (TPSA) is 12.0 Å². The highest BCUT2D eigenvalue weighted by molar-refractivity contribution is 5.70. The van der Waals surface area contributed by atoms with Gasteiger partial charge in [0.05, 0.1) is 0 Å². The first-order valence-electron chi connectivity index (χ1n) is 6.33. The Hall–Kier alpha value is -1.76. The number of anilines is 1. The molecule has 0 aromatic heterocycles. The molecule has 0 aliphatic carbocycles. The van der Waals surface area contributed by atoms with E-state index in [1.54, 1.807) is 0 Å². The van der Waals surface area contributed by atoms with Gasteiger partial charge < -0.3 is 5.32 Å². The van der Waals surface area contributed by atoms with E-state index in [9.17, 15) is 0 Å². The summed E-state index contributed by atoms with van der Waals surface area (Å²) in [5.74, 6) is 0. The maximum atomic E-state index is 3.40. The van der Waals surface area contributed by atoms with Gasteiger partial charge >= 0.3 is 0 Å². The van der Waals surface area contributed by atoms with Crippen molar-refractivity contribution in [2.24, 2.45) is 0 Å². The highest BCUT2D eigenvalue weighted by Gasteiger charge is 2.10. The zero-order valence-corrected chi connectivity index (χ0v) is 10.2. The van der Waals surface area contributed by atoms with Crippen molar-refractivity contribution in [2.75, 3.05) is 11.9 Å². The summed E-state index contributed by atoms with van der Waals surface area (Å²) in [5, 5.41) is 3.40. The van der Waals surface area contributed by atoms with Gasteiger partial charge in [-0.25, -0.2) is 0 Å². The molecule has 1 aliphatic rings. The van der Waals surface area contributed by atoms with Crippen LogP contribution < -0.4 is 5.32 Å². The molecule has 0 amide bonds. The summed E-state index contributed by atoms with van der Waals surface area (Å²) < 4.78 is 0. The molecular formula is C16H17N. The van der Waals surface area contributed by atoms with Crippen molar-refractivity contribution in [2.45, 2.75) is 19.8 Å². The van der Waals surface area contributed by atoms with Crippen molar-refractivity contribution < 1.29 is 0 Å². The fourth-order valence-electron chi connectivity index (χ4n) is 2.46. The zero-order valence-electron chi connectivity index (χ0n) is 10.2. The van der Waals surface area contributed by atoms with E-state index >= 15 is 0 Å². The number of hydrogen-bond donors (Lipinski definition) is 1. The van der Waals surface area contributed by atoms with Crippen molar-refractivity contribution in [1.82, 2.24) is 0 Å². The molecule has 2 aromatic carbocycles. The van der Waals surface area contributed by atoms with Crippen molar-refractivity contribution in [1.29, 1.82) is 0 Å². The monoisotopic (exact) mass is 223 g/mol. The molecule has 1 N–H and O–H groups in total. The Morgan fingerprint density at radius 1 is 1.06 bits per heavy atom. The molecule has 1 heteroatoms. The standard InChI is InChI=1S/C16H17N/c1-2-12-4-3-5-13(10-12)14-6-7-16-15(11-14)8-9-17-16/h3-7,10-11,17H,2,8-9H2,1H3. The molecule has 0 atom stereocenters. The Bertz CT molecular complexity index is 543. The quantitative estimate of drug-likeness (QED) is 0.814. The summed E-state index contributed by atoms with van der Waals surface area (Å²) in [5.41, 5.74) is 6.83. The van der Waals surface area contributed by atoms with Crippen LogP contribution in [0.3, 0.4) is 0 Å². The Morgan fingerprint density at radius 3 is 2.82 bits per heavy atom. The lowest BCUT2D eigenvalue weighted by Gasteiger charge is -2.06. The van der Waals surface area contributed by atoms with Crippen LogP contribution in [0.2, 0.25) is 0 Å². The summed E-state index contributed by atoms with van der Waals surface area (Å²) in [6.07, 6.45) is 2.25. The summed E-state index contributed by atoms with van der Waals surface area (Å²) in [6.45, 7) is 3.28. The third-order valence-electron chi connectivity index (χ3n) is 3.48. The number of fused-ring (bicyclic) bond motifs is 1. The van der Waals surface area contributed by atoms with Gasteiger partial charge in [0.25, 0.3) is 0 Å². The normalized spacial score (nSPS) is 13.2. The first-order valence-corrected chi connectivity index (χ1v) is 6.33. The van der Waals surface area contributed by atoms with Gasteiger partial charge in [-0.1, -0.05) is 37.3 Å². The predicted octanol–water partition coefficient (Wildman–Crippen LogP) is 3.88. The third kappa shape index (κ3) is 1.93. The molecule has 0 fully saturated rings. The van der Waals surface area contributed by atoms with Crippen LogP contribution in [0, 0.1) is 0 Å². The molecule has 1 heterocycles. The summed E-state index contributed by atoms with van der Waals surface area (Å²) in [4.78, 5) is 0. The molecule has 1 aliphatic heterocycles. The molecule has 0 spiro atoms. The lowest BCUT2D eigenvalue weighted by atomic mass is 9.99. The first-order chi connectivity index (χ1) is 8.36. The highest BCUT2D eigenvalue weighted by atomic mass is 14.9. The average Bonchev–Trinajstić information content (AvgIpc) is 2.86. The zero-order chi connectivity index (χ0) is 11.7. The molecule has 3 rings (SSSR count). The van der Waals surface area contributed by atoms with E-state index in [4.69, 9.17) is 0 Å². The van der Waals surface area contributed by atoms with Crippen LogP contribution in [-0.4, -0.2) is 6.54 Å². The largest absolute Gasteiger partial charge is 0.384 e. The van der Waals surface area contributed by atoms with Gasteiger partial charge in [0.15, 0.2) is 0 Å². The van der Waals surface area contributed by atoms with Crippen LogP contribution in [0.1, 0.15) is 18.1 Å². The first kappa shape index (κ1) is 10.4. The van der Waals surface area contributed by atoms with Crippen molar-refractivity contribution >= 4 is 5.69 Å². The second-order valence-electron chi connectivity index (χ2n) is 4.60. The minimum absolute atomic E-state index is 1.08. The molecule has 0 unspecified atom stereocenters. The van der Waals surface area contributed by atoms with Crippen LogP contribution in [0.15, 0.2) is 42.5 Å². The van der Waals surface area contributed by atoms with E-state index in [-0.39, 0.29) is 0 Å². The lowest BCUT2D eigenvalue weighted by Crippen LogP contribution is -1.90. The minimum atomic E-state index is 1.08. The molecule has 0 radical (unpaired) electrons. The molecule has 0 saturated heterocycles. The van der Waals surface area contributed by atoms with Crippen LogP contribution in [-0.2, 0) is 12.8 Å². The minimum Gasteiger partial charge on any atom is -0.384 e. The maximum absolute atomic E-state index is 3.40. The fraction of sp³-hybridized carbons (Fsp3) is 0.250. The SMILES string of the molecule is CCc1cccc(-c2ccc3c(c2)CCN3)c1. The van der Waals surface area contributed by atoms with Gasteiger partial charge in [0.2, 0.25) is 0 Å². The van der Waals surface area contributed by atoms with E-state index in [1.807, 2.05) is 0 Å². The van der Waals surface area contributed by atoms with Gasteiger partial charge in [0.1, 0.15) is 0 Å². The Balaban J connectivity index is 2.03. The molecule has 2 aromatic rings. The van der Waals surface area contributed by atoms with Gasteiger partial charge in [-0.05, 0) is 47.2 Å². The highest BCUT2D eigenvalue weighted by Crippen LogP contribution is 2.28. The van der Waals surface area contributed by atoms with Crippen LogP contribution in [0.5, 0.6) is 0 Å². The summed E-state index contributed by atoms with van der Waals surface area (Å²) >= 11 is 0. The average molecular weight is 223 g/mol. The summed E-state index contributed by atoms with van der Waals surface area (Å²) in [7, 11) is 0. The van der Waals surface area contributed by atoms with Gasteiger partial charge in [-0.15, -0.1) is 0 Å². The fourth-order valence-corrected chi connectivity index (χ4v) is 2.46. The number of rotatable bonds is 2. The Kier molecular flexibility index (Phi) is 2.60. The third-order valence-corrected chi connectivity index (χ3v) is 3.48. The lowest BCUT2D eigenvalue weighted by molar-refractivity contribution is 1.11. The second kappa shape index (κ2) is 4.25. The van der Waals surface area contributed by atoms with E-state index in [2.05, 4.69) is 54.7 Å². The molecule has 1 nitrogen and oxygen atoms in total. The van der Waals surface area contributed by atoms with Crippen molar-refractivity contribution in [3.63, 3.8) is 0 Å². The molecule has 0 saturated carbocycles. The maximum Gasteiger partial charge on any atom is 0.0373 e. The molecular weight excluding hydrogens is 206 g/mol. The Labute approximate surface area is 102 Å². The van der Waals surface area contributed by atoms with Crippen LogP contribution >= 0.6 is 0 Å². The van der Waals surface area contributed by atoms with Gasteiger partial charge in [-0.3, -0.25) is 0 Å². The number of benzene rings is 2. The molecule has 17 heavy (non-hydrogen) atoms. The van der Waals surface area contributed by atoms with E-state index in [1.165, 1.54) is 27.9 Å². The van der Waals surface area contributed by atoms with E-state index in [0.29, 0.717) is 0 Å². The van der Waals surface area contributed by atoms with Gasteiger partial charge in [0, 0.05) is 12.2 Å². The molecule has 86 valence electrons. The van der Waals surface area contributed by atoms with Crippen molar-refractivity contribution in [3.05, 3.63) is 53.6 Å². The van der Waals surface area contributed by atoms with E-state index in [0.717, 1.165) is 19.4 Å². The number of nitrogens with one attached hydrogen (secondary N) is 1. The smallest absolute Gasteiger partial charge is 0.0373 e. The summed E-state index contributed by atoms with van der Waals surface area (Å²) in [6, 6.07) is 15.6. The van der Waals surface area contributed by atoms with Gasteiger partial charge in [-0.2, -0.15) is 0 Å². The van der Waals surface area contributed by atoms with E-state index < -0.39 is 0 Å². The molecule has 0 bridgehead atoms. The Morgan fingerprint density at radius 2 is 1.94 bits per heavy atom. The van der Waals surface area contributed by atoms with Crippen LogP contribution in [0.25, 0.3) is 11.1 Å². The number of hydrogen-bond acceptors (Lipinski definition) is 1.